The third kappa shape index (κ3) is 3.45. The molecule has 1 aromatic carbocycles. The fraction of sp³-hybridized carbons (Fsp3) is 0.294. The molecular formula is C17H17N5OS2. The van der Waals surface area contributed by atoms with Gasteiger partial charge in [-0.1, -0.05) is 19.1 Å². The molecule has 4 rings (SSSR count). The monoisotopic (exact) mass is 371 g/mol. The van der Waals surface area contributed by atoms with Crippen LogP contribution in [-0.2, 0) is 11.3 Å². The number of tetrazole rings is 1. The molecule has 0 fully saturated rings. The third-order valence-electron chi connectivity index (χ3n) is 4.05. The van der Waals surface area contributed by atoms with Gasteiger partial charge in [-0.2, -0.15) is 16.1 Å². The number of hydrogen-bond donors (Lipinski definition) is 0. The Labute approximate surface area is 153 Å². The van der Waals surface area contributed by atoms with E-state index in [0.29, 0.717) is 17.6 Å². The summed E-state index contributed by atoms with van der Waals surface area (Å²) in [5, 5.41) is 16.8. The van der Waals surface area contributed by atoms with Crippen molar-refractivity contribution in [2.75, 3.05) is 11.4 Å². The summed E-state index contributed by atoms with van der Waals surface area (Å²) in [6, 6.07) is 10.0. The van der Waals surface area contributed by atoms with E-state index in [1.54, 1.807) is 11.3 Å². The van der Waals surface area contributed by atoms with E-state index in [9.17, 15) is 4.79 Å². The van der Waals surface area contributed by atoms with Crippen LogP contribution in [0.3, 0.4) is 0 Å². The zero-order valence-corrected chi connectivity index (χ0v) is 15.3. The minimum absolute atomic E-state index is 0.0172. The Morgan fingerprint density at radius 1 is 1.32 bits per heavy atom. The van der Waals surface area contributed by atoms with Crippen molar-refractivity contribution in [3.63, 3.8) is 0 Å². The van der Waals surface area contributed by atoms with Crippen LogP contribution in [0.4, 0.5) is 5.69 Å². The van der Waals surface area contributed by atoms with E-state index < -0.39 is 0 Å². The highest BCUT2D eigenvalue weighted by atomic mass is 32.2. The highest BCUT2D eigenvalue weighted by Crippen LogP contribution is 2.37. The Morgan fingerprint density at radius 3 is 3.04 bits per heavy atom. The van der Waals surface area contributed by atoms with Crippen LogP contribution in [0.5, 0.6) is 0 Å². The number of carbonyl (C=O) groups is 1. The number of benzene rings is 1. The van der Waals surface area contributed by atoms with E-state index in [1.165, 1.54) is 4.80 Å². The molecule has 128 valence electrons. The lowest BCUT2D eigenvalue weighted by molar-refractivity contribution is -0.119. The molecule has 0 aliphatic carbocycles. The van der Waals surface area contributed by atoms with Crippen LogP contribution in [0.1, 0.15) is 13.3 Å². The number of nitrogens with zero attached hydrogens (tertiary/aromatic N) is 5. The average Bonchev–Trinajstić information content (AvgIpc) is 3.25. The Hall–Kier alpha value is -2.19. The zero-order valence-electron chi connectivity index (χ0n) is 13.7. The predicted octanol–water partition coefficient (Wildman–Crippen LogP) is 3.32. The number of carbonyl (C=O) groups excluding carboxylic acids is 1. The Balaban J connectivity index is 1.55. The van der Waals surface area contributed by atoms with Crippen molar-refractivity contribution in [1.29, 1.82) is 0 Å². The largest absolute Gasteiger partial charge is 0.310 e. The molecule has 3 aromatic rings. The molecule has 0 radical (unpaired) electrons. The van der Waals surface area contributed by atoms with E-state index in [4.69, 9.17) is 0 Å². The van der Waals surface area contributed by atoms with Gasteiger partial charge in [-0.15, -0.1) is 22.0 Å². The van der Waals surface area contributed by atoms with Crippen molar-refractivity contribution in [2.24, 2.45) is 0 Å². The van der Waals surface area contributed by atoms with Crippen LogP contribution in [-0.4, -0.2) is 37.9 Å². The summed E-state index contributed by atoms with van der Waals surface area (Å²) in [6.45, 7) is 2.99. The molecule has 1 amide bonds. The van der Waals surface area contributed by atoms with Gasteiger partial charge in [-0.05, 0) is 35.2 Å². The van der Waals surface area contributed by atoms with Crippen molar-refractivity contribution in [3.8, 4) is 11.4 Å². The number of rotatable bonds is 3. The predicted molar refractivity (Wildman–Crippen MR) is 99.9 cm³/mol. The molecule has 0 unspecified atom stereocenters. The number of amides is 1. The van der Waals surface area contributed by atoms with Gasteiger partial charge in [0, 0.05) is 27.6 Å². The molecule has 0 spiro atoms. The van der Waals surface area contributed by atoms with Gasteiger partial charge in [0.05, 0.1) is 5.69 Å². The average molecular weight is 371 g/mol. The van der Waals surface area contributed by atoms with Crippen molar-refractivity contribution in [2.45, 2.75) is 30.0 Å². The molecule has 2 aromatic heterocycles. The molecule has 0 N–H and O–H groups in total. The standard InChI is InChI=1S/C17H17N5OS2/c1-12-6-8-21(14-4-2-3-5-15(14)25-12)16(23)10-22-19-17(18-20-22)13-7-9-24-11-13/h2-5,7,9,11-12H,6,8,10H2,1H3/t12-/m1/s1. The second-order valence-electron chi connectivity index (χ2n) is 5.89. The smallest absolute Gasteiger partial charge is 0.250 e. The summed E-state index contributed by atoms with van der Waals surface area (Å²) in [6.07, 6.45) is 0.954. The quantitative estimate of drug-likeness (QED) is 0.707. The highest BCUT2D eigenvalue weighted by Gasteiger charge is 2.24. The van der Waals surface area contributed by atoms with Crippen molar-refractivity contribution in [1.82, 2.24) is 20.2 Å². The van der Waals surface area contributed by atoms with E-state index in [2.05, 4.69) is 28.4 Å². The minimum Gasteiger partial charge on any atom is -0.310 e. The lowest BCUT2D eigenvalue weighted by Gasteiger charge is -2.22. The molecule has 1 aliphatic heterocycles. The summed E-state index contributed by atoms with van der Waals surface area (Å²) in [5.41, 5.74) is 1.90. The topological polar surface area (TPSA) is 63.9 Å². The van der Waals surface area contributed by atoms with Gasteiger partial charge in [0.25, 0.3) is 5.91 Å². The lowest BCUT2D eigenvalue weighted by atomic mass is 10.2. The first-order valence-electron chi connectivity index (χ1n) is 8.07. The van der Waals surface area contributed by atoms with Crippen LogP contribution < -0.4 is 4.90 Å². The normalized spacial score (nSPS) is 17.2. The molecule has 1 atom stereocenters. The van der Waals surface area contributed by atoms with E-state index in [1.807, 2.05) is 51.7 Å². The van der Waals surface area contributed by atoms with E-state index in [-0.39, 0.29) is 12.5 Å². The summed E-state index contributed by atoms with van der Waals surface area (Å²) >= 11 is 3.40. The Bertz CT molecular complexity index is 877. The maximum Gasteiger partial charge on any atom is 0.250 e. The van der Waals surface area contributed by atoms with Gasteiger partial charge in [0.15, 0.2) is 0 Å². The van der Waals surface area contributed by atoms with Crippen LogP contribution in [0.25, 0.3) is 11.4 Å². The summed E-state index contributed by atoms with van der Waals surface area (Å²) in [5.74, 6) is 0.533. The molecule has 0 saturated heterocycles. The van der Waals surface area contributed by atoms with Crippen LogP contribution in [0, 0.1) is 0 Å². The van der Waals surface area contributed by atoms with Gasteiger partial charge in [-0.25, -0.2) is 0 Å². The molecule has 1 aliphatic rings. The number of para-hydroxylation sites is 1. The fourth-order valence-electron chi connectivity index (χ4n) is 2.77. The molecule has 8 heteroatoms. The van der Waals surface area contributed by atoms with Crippen LogP contribution in [0.2, 0.25) is 0 Å². The van der Waals surface area contributed by atoms with Crippen LogP contribution >= 0.6 is 23.1 Å². The van der Waals surface area contributed by atoms with Crippen LogP contribution in [0.15, 0.2) is 46.0 Å². The second kappa shape index (κ2) is 6.97. The van der Waals surface area contributed by atoms with Gasteiger partial charge in [0.1, 0.15) is 6.54 Å². The molecular weight excluding hydrogens is 354 g/mol. The minimum atomic E-state index is -0.0172. The molecule has 6 nitrogen and oxygen atoms in total. The summed E-state index contributed by atoms with van der Waals surface area (Å²) in [7, 11) is 0. The maximum atomic E-state index is 12.9. The third-order valence-corrected chi connectivity index (χ3v) is 5.97. The van der Waals surface area contributed by atoms with Crippen molar-refractivity contribution >= 4 is 34.7 Å². The number of fused-ring (bicyclic) bond motifs is 1. The zero-order chi connectivity index (χ0) is 17.2. The Kier molecular flexibility index (Phi) is 4.54. The van der Waals surface area contributed by atoms with Gasteiger partial charge in [0.2, 0.25) is 5.82 Å². The number of thioether (sulfide) groups is 1. The lowest BCUT2D eigenvalue weighted by Crippen LogP contribution is -2.35. The molecule has 25 heavy (non-hydrogen) atoms. The van der Waals surface area contributed by atoms with E-state index >= 15 is 0 Å². The van der Waals surface area contributed by atoms with Gasteiger partial charge < -0.3 is 4.90 Å². The molecule has 0 bridgehead atoms. The van der Waals surface area contributed by atoms with E-state index in [0.717, 1.165) is 22.6 Å². The fourth-order valence-corrected chi connectivity index (χ4v) is 4.52. The first kappa shape index (κ1) is 16.3. The SMILES string of the molecule is C[C@@H]1CCN(C(=O)Cn2nnc(-c3ccsc3)n2)c2ccccc2S1. The number of thiophene rings is 1. The summed E-state index contributed by atoms with van der Waals surface area (Å²) < 4.78 is 0. The molecule has 3 heterocycles. The molecule has 0 saturated carbocycles. The number of hydrogen-bond acceptors (Lipinski definition) is 6. The van der Waals surface area contributed by atoms with Gasteiger partial charge >= 0.3 is 0 Å². The second-order valence-corrected chi connectivity index (χ2v) is 8.15. The summed E-state index contributed by atoms with van der Waals surface area (Å²) in [4.78, 5) is 17.2. The first-order chi connectivity index (χ1) is 12.2. The van der Waals surface area contributed by atoms with Gasteiger partial charge in [-0.3, -0.25) is 4.79 Å². The van der Waals surface area contributed by atoms with Crippen molar-refractivity contribution in [3.05, 3.63) is 41.1 Å². The number of aromatic nitrogens is 4. The maximum absolute atomic E-state index is 12.9. The first-order valence-corrected chi connectivity index (χ1v) is 9.89. The Morgan fingerprint density at radius 2 is 2.20 bits per heavy atom. The highest BCUT2D eigenvalue weighted by molar-refractivity contribution is 8.00. The van der Waals surface area contributed by atoms with Crippen molar-refractivity contribution < 1.29 is 4.79 Å². The number of anilines is 1.